The third-order valence-electron chi connectivity index (χ3n) is 7.29. The van der Waals surface area contributed by atoms with Gasteiger partial charge in [-0.25, -0.2) is 0 Å². The van der Waals surface area contributed by atoms with Gasteiger partial charge in [0.1, 0.15) is 0 Å². The van der Waals surface area contributed by atoms with Gasteiger partial charge in [0.25, 0.3) is 0 Å². The molecule has 0 aromatic rings. The number of hydrogen-bond acceptors (Lipinski definition) is 4. The van der Waals surface area contributed by atoms with Crippen molar-refractivity contribution in [1.82, 2.24) is 10.2 Å². The SMILES string of the molecule is Br.CCCCCCCCCCCCC/C=C/[C@@H](O)[C@H](CO)NC(=O)C1=CC=CN(CCCCCCCC)C1. The van der Waals surface area contributed by atoms with Gasteiger partial charge in [-0.15, -0.1) is 17.0 Å². The van der Waals surface area contributed by atoms with Gasteiger partial charge in [-0.05, 0) is 31.5 Å². The van der Waals surface area contributed by atoms with Crippen molar-refractivity contribution in [3.05, 3.63) is 36.1 Å². The van der Waals surface area contributed by atoms with E-state index in [1.165, 1.54) is 96.3 Å². The molecule has 0 aromatic heterocycles. The number of nitrogens with one attached hydrogen (secondary N) is 1. The molecule has 3 N–H and O–H groups in total. The standard InChI is InChI=1S/C32H58N2O3.BrH/c1-3-5-7-9-11-12-13-14-15-16-17-18-20-24-31(36)30(28-35)33-32(37)29-23-22-26-34(27-29)25-21-19-10-8-6-4-2;/h20,22-24,26,30-31,35-36H,3-19,21,25,27-28H2,1-2H3,(H,33,37);1H/b24-20+;/t30-,31+;/m0./s1. The van der Waals surface area contributed by atoms with Crippen LogP contribution in [0.15, 0.2) is 36.1 Å². The molecular weight excluding hydrogens is 540 g/mol. The molecule has 0 unspecified atom stereocenters. The number of carbonyl (C=O) groups is 1. The van der Waals surface area contributed by atoms with Crippen LogP contribution in [0.5, 0.6) is 0 Å². The number of unbranched alkanes of at least 4 members (excludes halogenated alkanes) is 16. The lowest BCUT2D eigenvalue weighted by Gasteiger charge is -2.26. The normalized spacial score (nSPS) is 14.8. The number of aliphatic hydroxyl groups is 2. The third-order valence-corrected chi connectivity index (χ3v) is 7.29. The molecule has 0 saturated carbocycles. The van der Waals surface area contributed by atoms with Crippen molar-refractivity contribution in [3.63, 3.8) is 0 Å². The van der Waals surface area contributed by atoms with Crippen molar-refractivity contribution in [1.29, 1.82) is 0 Å². The van der Waals surface area contributed by atoms with Crippen LogP contribution in [0.2, 0.25) is 0 Å². The second-order valence-corrected chi connectivity index (χ2v) is 10.8. The van der Waals surface area contributed by atoms with E-state index in [1.54, 1.807) is 6.08 Å². The van der Waals surface area contributed by atoms with Crippen LogP contribution in [0.1, 0.15) is 129 Å². The van der Waals surface area contributed by atoms with Gasteiger partial charge < -0.3 is 20.4 Å². The predicted octanol–water partition coefficient (Wildman–Crippen LogP) is 7.78. The number of carbonyl (C=O) groups excluding carboxylic acids is 1. The Bertz CT molecular complexity index is 651. The zero-order valence-electron chi connectivity index (χ0n) is 24.5. The third kappa shape index (κ3) is 19.0. The highest BCUT2D eigenvalue weighted by molar-refractivity contribution is 8.93. The maximum Gasteiger partial charge on any atom is 0.249 e. The summed E-state index contributed by atoms with van der Waals surface area (Å²) in [7, 11) is 0. The number of allylic oxidation sites excluding steroid dienone is 3. The van der Waals surface area contributed by atoms with Gasteiger partial charge in [0, 0.05) is 18.7 Å². The lowest BCUT2D eigenvalue weighted by molar-refractivity contribution is -0.119. The highest BCUT2D eigenvalue weighted by Crippen LogP contribution is 2.13. The molecule has 0 saturated heterocycles. The number of halogens is 1. The first-order valence-corrected chi connectivity index (χ1v) is 15.5. The van der Waals surface area contributed by atoms with E-state index in [1.807, 2.05) is 24.4 Å². The fourth-order valence-corrected chi connectivity index (χ4v) is 4.80. The Morgan fingerprint density at radius 1 is 0.895 bits per heavy atom. The van der Waals surface area contributed by atoms with Gasteiger partial charge in [0.15, 0.2) is 0 Å². The second kappa shape index (κ2) is 26.1. The molecule has 0 spiro atoms. The Balaban J connectivity index is 0.0000137. The van der Waals surface area contributed by atoms with Gasteiger partial charge in [0.05, 0.1) is 18.8 Å². The quantitative estimate of drug-likeness (QED) is 0.0783. The fraction of sp³-hybridized carbons (Fsp3) is 0.781. The van der Waals surface area contributed by atoms with E-state index < -0.39 is 12.1 Å². The molecule has 2 atom stereocenters. The Morgan fingerprint density at radius 3 is 1.97 bits per heavy atom. The van der Waals surface area contributed by atoms with Gasteiger partial charge >= 0.3 is 0 Å². The van der Waals surface area contributed by atoms with Crippen LogP contribution in [-0.2, 0) is 4.79 Å². The van der Waals surface area contributed by atoms with Crippen LogP contribution >= 0.6 is 17.0 Å². The monoisotopic (exact) mass is 598 g/mol. The molecule has 0 radical (unpaired) electrons. The fourth-order valence-electron chi connectivity index (χ4n) is 4.80. The summed E-state index contributed by atoms with van der Waals surface area (Å²) in [5, 5.41) is 23.1. The summed E-state index contributed by atoms with van der Waals surface area (Å²) in [6.45, 7) is 5.72. The van der Waals surface area contributed by atoms with E-state index in [0.717, 1.165) is 25.8 Å². The van der Waals surface area contributed by atoms with Crippen molar-refractivity contribution < 1.29 is 15.0 Å². The van der Waals surface area contributed by atoms with Crippen LogP contribution in [0.4, 0.5) is 0 Å². The molecule has 0 aliphatic carbocycles. The summed E-state index contributed by atoms with van der Waals surface area (Å²) in [5.41, 5.74) is 0.670. The molecule has 1 aliphatic rings. The van der Waals surface area contributed by atoms with Crippen molar-refractivity contribution in [3.8, 4) is 0 Å². The molecule has 222 valence electrons. The average molecular weight is 600 g/mol. The van der Waals surface area contributed by atoms with Crippen LogP contribution in [0.25, 0.3) is 0 Å². The summed E-state index contributed by atoms with van der Waals surface area (Å²) < 4.78 is 0. The summed E-state index contributed by atoms with van der Waals surface area (Å²) in [4.78, 5) is 14.9. The minimum absolute atomic E-state index is 0. The Hall–Kier alpha value is -1.11. The van der Waals surface area contributed by atoms with E-state index in [4.69, 9.17) is 0 Å². The predicted molar refractivity (Wildman–Crippen MR) is 168 cm³/mol. The molecule has 1 amide bonds. The number of hydrogen-bond donors (Lipinski definition) is 3. The molecule has 38 heavy (non-hydrogen) atoms. The van der Waals surface area contributed by atoms with Gasteiger partial charge in [-0.1, -0.05) is 128 Å². The molecule has 0 aromatic carbocycles. The first-order chi connectivity index (χ1) is 18.1. The van der Waals surface area contributed by atoms with E-state index in [-0.39, 0.29) is 29.5 Å². The lowest BCUT2D eigenvalue weighted by atomic mass is 10.0. The highest BCUT2D eigenvalue weighted by Gasteiger charge is 2.21. The average Bonchev–Trinajstić information content (AvgIpc) is 2.91. The van der Waals surface area contributed by atoms with E-state index in [9.17, 15) is 15.0 Å². The lowest BCUT2D eigenvalue weighted by Crippen LogP contribution is -2.46. The van der Waals surface area contributed by atoms with Crippen molar-refractivity contribution in [2.24, 2.45) is 0 Å². The second-order valence-electron chi connectivity index (χ2n) is 10.8. The smallest absolute Gasteiger partial charge is 0.249 e. The highest BCUT2D eigenvalue weighted by atomic mass is 79.9. The molecule has 6 heteroatoms. The van der Waals surface area contributed by atoms with Crippen molar-refractivity contribution in [2.75, 3.05) is 19.7 Å². The molecule has 0 fully saturated rings. The van der Waals surface area contributed by atoms with Crippen molar-refractivity contribution >= 4 is 22.9 Å². The Kier molecular flexibility index (Phi) is 25.4. The summed E-state index contributed by atoms with van der Waals surface area (Å²) in [5.74, 6) is -0.214. The Labute approximate surface area is 245 Å². The van der Waals surface area contributed by atoms with Crippen LogP contribution in [0.3, 0.4) is 0 Å². The summed E-state index contributed by atoms with van der Waals surface area (Å²) >= 11 is 0. The number of amides is 1. The molecule has 1 heterocycles. The van der Waals surface area contributed by atoms with Gasteiger partial charge in [0.2, 0.25) is 5.91 Å². The first kappa shape index (κ1) is 36.9. The van der Waals surface area contributed by atoms with Crippen LogP contribution in [-0.4, -0.2) is 52.9 Å². The molecular formula is C32H59BrN2O3. The maximum absolute atomic E-state index is 12.8. The maximum atomic E-state index is 12.8. The van der Waals surface area contributed by atoms with E-state index in [2.05, 4.69) is 24.1 Å². The molecule has 1 aliphatic heterocycles. The largest absolute Gasteiger partial charge is 0.394 e. The zero-order chi connectivity index (χ0) is 27.0. The van der Waals surface area contributed by atoms with E-state index in [0.29, 0.717) is 12.1 Å². The minimum Gasteiger partial charge on any atom is -0.394 e. The topological polar surface area (TPSA) is 72.8 Å². The number of rotatable bonds is 24. The van der Waals surface area contributed by atoms with Crippen LogP contribution in [0, 0.1) is 0 Å². The van der Waals surface area contributed by atoms with Gasteiger partial charge in [-0.3, -0.25) is 4.79 Å². The minimum atomic E-state index is -0.888. The Morgan fingerprint density at radius 2 is 1.42 bits per heavy atom. The summed E-state index contributed by atoms with van der Waals surface area (Å²) in [6.07, 6.45) is 31.5. The molecule has 1 rings (SSSR count). The molecule has 5 nitrogen and oxygen atoms in total. The summed E-state index contributed by atoms with van der Waals surface area (Å²) in [6, 6.07) is -0.695. The van der Waals surface area contributed by atoms with Crippen LogP contribution < -0.4 is 5.32 Å². The number of nitrogens with zero attached hydrogens (tertiary/aromatic N) is 1. The number of aliphatic hydroxyl groups excluding tert-OH is 2. The van der Waals surface area contributed by atoms with Crippen molar-refractivity contribution in [2.45, 2.75) is 142 Å². The zero-order valence-corrected chi connectivity index (χ0v) is 26.3. The van der Waals surface area contributed by atoms with Gasteiger partial charge in [-0.2, -0.15) is 0 Å². The van der Waals surface area contributed by atoms with E-state index >= 15 is 0 Å². The molecule has 0 bridgehead atoms. The first-order valence-electron chi connectivity index (χ1n) is 15.5.